The molecular weight excluding hydrogens is 389 g/mol. The molecule has 2 aromatic rings. The number of hydrogen-bond acceptors (Lipinski definition) is 6. The lowest BCUT2D eigenvalue weighted by Gasteiger charge is -2.30. The molecule has 0 aliphatic carbocycles. The first-order valence-electron chi connectivity index (χ1n) is 8.91. The van der Waals surface area contributed by atoms with Crippen molar-refractivity contribution in [3.63, 3.8) is 0 Å². The molecule has 2 aromatic heterocycles. The second kappa shape index (κ2) is 7.57. The number of nitrogens with one attached hydrogen (secondary N) is 1. The molecule has 8 nitrogen and oxygen atoms in total. The summed E-state index contributed by atoms with van der Waals surface area (Å²) in [5.41, 5.74) is -0.970. The van der Waals surface area contributed by atoms with Gasteiger partial charge in [0.05, 0.1) is 12.6 Å². The largest absolute Gasteiger partial charge is 0.463 e. The van der Waals surface area contributed by atoms with E-state index in [1.807, 2.05) is 4.57 Å². The number of allylic oxidation sites excluding steroid dienone is 2. The number of hydrazone groups is 1. The summed E-state index contributed by atoms with van der Waals surface area (Å²) in [5, 5.41) is 7.28. The minimum atomic E-state index is -4.65. The maximum atomic E-state index is 13.5. The lowest BCUT2D eigenvalue weighted by molar-refractivity contribution is -0.127. The van der Waals surface area contributed by atoms with Crippen LogP contribution in [0, 0.1) is 5.92 Å². The molecule has 0 saturated heterocycles. The Morgan fingerprint density at radius 1 is 1.34 bits per heavy atom. The molecule has 4 heterocycles. The minimum Gasteiger partial charge on any atom is -0.463 e. The summed E-state index contributed by atoms with van der Waals surface area (Å²) >= 11 is 0. The van der Waals surface area contributed by atoms with Crippen molar-refractivity contribution in [3.05, 3.63) is 54.7 Å². The van der Waals surface area contributed by atoms with Crippen LogP contribution in [-0.2, 0) is 11.3 Å². The lowest BCUT2D eigenvalue weighted by Crippen LogP contribution is -2.44. The quantitative estimate of drug-likeness (QED) is 0.745. The highest BCUT2D eigenvalue weighted by Crippen LogP contribution is 2.37. The van der Waals surface area contributed by atoms with Crippen molar-refractivity contribution in [3.8, 4) is 0 Å². The van der Waals surface area contributed by atoms with Gasteiger partial charge in [0, 0.05) is 31.7 Å². The Morgan fingerprint density at radius 2 is 2.21 bits per heavy atom. The number of aromatic nitrogens is 2. The van der Waals surface area contributed by atoms with E-state index in [2.05, 4.69) is 20.4 Å². The van der Waals surface area contributed by atoms with Crippen LogP contribution in [0.1, 0.15) is 12.2 Å². The average Bonchev–Trinajstić information content (AvgIpc) is 3.45. The molecule has 4 rings (SSSR count). The van der Waals surface area contributed by atoms with Gasteiger partial charge < -0.3 is 14.3 Å². The summed E-state index contributed by atoms with van der Waals surface area (Å²) in [6.45, 7) is 1.03. The third kappa shape index (κ3) is 3.93. The summed E-state index contributed by atoms with van der Waals surface area (Å²) in [6, 6.07) is 3.07. The molecule has 0 radical (unpaired) electrons. The van der Waals surface area contributed by atoms with Crippen molar-refractivity contribution < 1.29 is 22.4 Å². The maximum Gasteiger partial charge on any atom is 0.433 e. The zero-order chi connectivity index (χ0) is 20.4. The number of alkyl halides is 3. The van der Waals surface area contributed by atoms with E-state index < -0.39 is 29.9 Å². The Balaban J connectivity index is 1.47. The molecule has 11 heteroatoms. The van der Waals surface area contributed by atoms with Gasteiger partial charge in [0.1, 0.15) is 17.3 Å². The second-order valence-electron chi connectivity index (χ2n) is 6.51. The number of aryl methyl sites for hydroxylation is 1. The second-order valence-corrected chi connectivity index (χ2v) is 6.51. The Kier molecular flexibility index (Phi) is 4.95. The lowest BCUT2D eigenvalue weighted by atomic mass is 10.0. The minimum absolute atomic E-state index is 0.0204. The number of amides is 1. The van der Waals surface area contributed by atoms with Gasteiger partial charge in [-0.25, -0.2) is 9.99 Å². The molecule has 0 spiro atoms. The number of nitrogens with zero attached hydrogens (tertiary/aromatic N) is 5. The highest BCUT2D eigenvalue weighted by atomic mass is 19.4. The smallest absolute Gasteiger partial charge is 0.433 e. The van der Waals surface area contributed by atoms with Crippen LogP contribution in [0.5, 0.6) is 0 Å². The normalized spacial score (nSPS) is 21.0. The molecule has 29 heavy (non-hydrogen) atoms. The molecule has 0 fully saturated rings. The van der Waals surface area contributed by atoms with Crippen molar-refractivity contribution in [1.82, 2.24) is 19.9 Å². The van der Waals surface area contributed by atoms with E-state index >= 15 is 0 Å². The number of hydrogen-bond donors (Lipinski definition) is 1. The fourth-order valence-electron chi connectivity index (χ4n) is 3.14. The molecule has 2 aliphatic heterocycles. The topological polar surface area (TPSA) is 88.0 Å². The summed E-state index contributed by atoms with van der Waals surface area (Å²) < 4.78 is 47.6. The number of fused-ring (bicyclic) bond motifs is 1. The van der Waals surface area contributed by atoms with Crippen LogP contribution >= 0.6 is 0 Å². The standard InChI is InChI=1S/C18H17F3N6O2/c19-18(20,21)15-9-13(14-3-1-8-29-14)25-16-12(10-24-27(15)16)17(28)23-4-2-6-26-7-5-22-11-26/h1,3,5,7-12,16H,2,4,6H2,(H,23,28). The van der Waals surface area contributed by atoms with Gasteiger partial charge in [-0.3, -0.25) is 9.79 Å². The Hall–Kier alpha value is -3.37. The Labute approximate surface area is 163 Å². The monoisotopic (exact) mass is 406 g/mol. The van der Waals surface area contributed by atoms with E-state index in [0.29, 0.717) is 19.5 Å². The third-order valence-electron chi connectivity index (χ3n) is 4.53. The number of carbonyl (C=O) groups is 1. The molecule has 0 bridgehead atoms. The maximum absolute atomic E-state index is 13.5. The summed E-state index contributed by atoms with van der Waals surface area (Å²) in [7, 11) is 0. The van der Waals surface area contributed by atoms with E-state index in [1.54, 1.807) is 24.8 Å². The summed E-state index contributed by atoms with van der Waals surface area (Å²) in [5.74, 6) is -1.19. The number of halogens is 3. The van der Waals surface area contributed by atoms with Crippen molar-refractivity contribution in [1.29, 1.82) is 0 Å². The van der Waals surface area contributed by atoms with Crippen LogP contribution in [0.4, 0.5) is 13.2 Å². The van der Waals surface area contributed by atoms with Gasteiger partial charge in [-0.1, -0.05) is 0 Å². The predicted octanol–water partition coefficient (Wildman–Crippen LogP) is 2.18. The van der Waals surface area contributed by atoms with E-state index in [0.717, 1.165) is 11.1 Å². The van der Waals surface area contributed by atoms with Gasteiger partial charge in [-0.05, 0) is 24.6 Å². The van der Waals surface area contributed by atoms with Gasteiger partial charge in [0.25, 0.3) is 0 Å². The fourth-order valence-corrected chi connectivity index (χ4v) is 3.14. The van der Waals surface area contributed by atoms with Crippen LogP contribution in [0.3, 0.4) is 0 Å². The highest BCUT2D eigenvalue weighted by molar-refractivity contribution is 6.08. The van der Waals surface area contributed by atoms with Gasteiger partial charge >= 0.3 is 6.18 Å². The average molecular weight is 406 g/mol. The zero-order valence-corrected chi connectivity index (χ0v) is 15.1. The first-order chi connectivity index (χ1) is 13.9. The SMILES string of the molecule is O=C(NCCCn1ccnc1)C1C=NN2C(C(F)(F)F)=CC(c3ccco3)=NC12. The Morgan fingerprint density at radius 3 is 2.90 bits per heavy atom. The van der Waals surface area contributed by atoms with Crippen molar-refractivity contribution in [2.45, 2.75) is 25.3 Å². The molecule has 152 valence electrons. The molecular formula is C18H17F3N6O2. The number of furan rings is 1. The van der Waals surface area contributed by atoms with Gasteiger partial charge in [0.2, 0.25) is 5.91 Å². The summed E-state index contributed by atoms with van der Waals surface area (Å²) in [6.07, 6.45) is 3.43. The van der Waals surface area contributed by atoms with Crippen molar-refractivity contribution in [2.75, 3.05) is 6.54 Å². The van der Waals surface area contributed by atoms with E-state index in [9.17, 15) is 18.0 Å². The zero-order valence-electron chi connectivity index (χ0n) is 15.1. The first-order valence-corrected chi connectivity index (χ1v) is 8.91. The van der Waals surface area contributed by atoms with E-state index in [1.165, 1.54) is 18.5 Å². The van der Waals surface area contributed by atoms with Crippen molar-refractivity contribution >= 4 is 17.8 Å². The first kappa shape index (κ1) is 19.0. The predicted molar refractivity (Wildman–Crippen MR) is 96.8 cm³/mol. The Bertz CT molecular complexity index is 947. The molecule has 2 aliphatic rings. The molecule has 0 aromatic carbocycles. The van der Waals surface area contributed by atoms with Crippen LogP contribution in [-0.4, -0.2) is 51.3 Å². The van der Waals surface area contributed by atoms with Crippen LogP contribution in [0.25, 0.3) is 0 Å². The van der Waals surface area contributed by atoms with Crippen LogP contribution in [0.15, 0.2) is 63.4 Å². The van der Waals surface area contributed by atoms with Crippen LogP contribution in [0.2, 0.25) is 0 Å². The number of carbonyl (C=O) groups excluding carboxylic acids is 1. The molecule has 1 N–H and O–H groups in total. The van der Waals surface area contributed by atoms with Gasteiger partial charge in [-0.2, -0.15) is 18.3 Å². The molecule has 0 saturated carbocycles. The third-order valence-corrected chi connectivity index (χ3v) is 4.53. The number of imidazole rings is 1. The van der Waals surface area contributed by atoms with E-state index in [4.69, 9.17) is 4.42 Å². The fraction of sp³-hybridized carbons (Fsp3) is 0.333. The highest BCUT2D eigenvalue weighted by Gasteiger charge is 2.48. The van der Waals surface area contributed by atoms with Crippen molar-refractivity contribution in [2.24, 2.45) is 16.0 Å². The molecule has 2 atom stereocenters. The van der Waals surface area contributed by atoms with Gasteiger partial charge in [-0.15, -0.1) is 0 Å². The molecule has 1 amide bonds. The van der Waals surface area contributed by atoms with E-state index in [-0.39, 0.29) is 11.5 Å². The summed E-state index contributed by atoms with van der Waals surface area (Å²) in [4.78, 5) is 20.8. The van der Waals surface area contributed by atoms with Gasteiger partial charge in [0.15, 0.2) is 11.9 Å². The molecule has 2 unspecified atom stereocenters. The number of aliphatic imine (C=N–C) groups is 1. The number of rotatable bonds is 6. The van der Waals surface area contributed by atoms with Crippen LogP contribution < -0.4 is 5.32 Å².